The summed E-state index contributed by atoms with van der Waals surface area (Å²) in [6.45, 7) is 0. The van der Waals surface area contributed by atoms with Gasteiger partial charge in [0.15, 0.2) is 6.17 Å². The van der Waals surface area contributed by atoms with Crippen molar-refractivity contribution in [1.82, 2.24) is 4.98 Å². The Balaban J connectivity index is 1.35. The monoisotopic (exact) mass is 441 g/mol. The first kappa shape index (κ1) is 18.8. The zero-order valence-corrected chi connectivity index (χ0v) is 17.5. The van der Waals surface area contributed by atoms with Crippen LogP contribution in [0.25, 0.3) is 11.3 Å². The number of carbonyl (C=O) groups is 1. The summed E-state index contributed by atoms with van der Waals surface area (Å²) in [5, 5.41) is 7.11. The van der Waals surface area contributed by atoms with Crippen LogP contribution in [-0.2, 0) is 4.79 Å². The lowest BCUT2D eigenvalue weighted by molar-refractivity contribution is -0.119. The predicted octanol–water partition coefficient (Wildman–Crippen LogP) is 4.63. The first-order chi connectivity index (χ1) is 15.7. The van der Waals surface area contributed by atoms with Crippen LogP contribution in [0.1, 0.15) is 5.56 Å². The second-order valence-electron chi connectivity index (χ2n) is 7.53. The highest BCUT2D eigenvalue weighted by Gasteiger charge is 2.45. The van der Waals surface area contributed by atoms with Crippen LogP contribution in [0.5, 0.6) is 0 Å². The molecule has 3 heterocycles. The lowest BCUT2D eigenvalue weighted by Gasteiger charge is -2.32. The number of amides is 1. The van der Waals surface area contributed by atoms with Gasteiger partial charge < -0.3 is 0 Å². The van der Waals surface area contributed by atoms with E-state index in [9.17, 15) is 9.18 Å². The van der Waals surface area contributed by atoms with Gasteiger partial charge in [-0.25, -0.2) is 9.37 Å². The summed E-state index contributed by atoms with van der Waals surface area (Å²) in [6, 6.07) is 13.9. The molecule has 2 aliphatic heterocycles. The maximum absolute atomic E-state index is 13.3. The number of halogens is 1. The minimum absolute atomic E-state index is 0.00825. The lowest BCUT2D eigenvalue weighted by Crippen LogP contribution is -2.49. The molecule has 2 atom stereocenters. The molecule has 0 fully saturated rings. The van der Waals surface area contributed by atoms with Crippen molar-refractivity contribution in [2.45, 2.75) is 6.17 Å². The summed E-state index contributed by atoms with van der Waals surface area (Å²) in [4.78, 5) is 24.4. The molecule has 0 spiro atoms. The largest absolute Gasteiger partial charge is 0.282 e. The second-order valence-corrected chi connectivity index (χ2v) is 8.39. The molecule has 0 saturated heterocycles. The molecule has 2 unspecified atom stereocenters. The van der Waals surface area contributed by atoms with Crippen LogP contribution in [0, 0.1) is 11.7 Å². The number of nitrogens with one attached hydrogen (secondary N) is 1. The number of thiazole rings is 1. The molecule has 3 aromatic rings. The maximum atomic E-state index is 13.3. The Hall–Kier alpha value is -3.91. The van der Waals surface area contributed by atoms with Crippen LogP contribution in [-0.4, -0.2) is 28.5 Å². The third-order valence-corrected chi connectivity index (χ3v) is 6.37. The van der Waals surface area contributed by atoms with Crippen molar-refractivity contribution in [2.24, 2.45) is 16.0 Å². The molecule has 6 nitrogen and oxygen atoms in total. The van der Waals surface area contributed by atoms with Gasteiger partial charge in [-0.05, 0) is 36.4 Å². The number of hydrogen-bond acceptors (Lipinski definition) is 6. The molecular formula is C24H16FN5OS. The number of fused-ring (bicyclic) bond motifs is 4. The van der Waals surface area contributed by atoms with Gasteiger partial charge in [0, 0.05) is 16.5 Å². The van der Waals surface area contributed by atoms with E-state index in [2.05, 4.69) is 15.5 Å². The molecule has 1 amide bonds. The topological polar surface area (TPSA) is 70.0 Å². The fraction of sp³-hybridized carbons (Fsp3) is 0.0833. The van der Waals surface area contributed by atoms with Gasteiger partial charge >= 0.3 is 0 Å². The van der Waals surface area contributed by atoms with Gasteiger partial charge in [0.25, 0.3) is 0 Å². The van der Waals surface area contributed by atoms with Crippen LogP contribution >= 0.6 is 11.3 Å². The maximum Gasteiger partial charge on any atom is 0.242 e. The highest BCUT2D eigenvalue weighted by Crippen LogP contribution is 2.38. The lowest BCUT2D eigenvalue weighted by atomic mass is 9.94. The van der Waals surface area contributed by atoms with Crippen molar-refractivity contribution in [3.05, 3.63) is 89.6 Å². The molecule has 3 aliphatic rings. The molecule has 0 saturated carbocycles. The van der Waals surface area contributed by atoms with Gasteiger partial charge in [-0.3, -0.25) is 20.1 Å². The zero-order valence-electron chi connectivity index (χ0n) is 16.6. The number of aliphatic imine (C=N–C) groups is 1. The number of nitrogens with zero attached hydrogens (tertiary/aromatic N) is 4. The third-order valence-electron chi connectivity index (χ3n) is 5.62. The van der Waals surface area contributed by atoms with E-state index in [1.54, 1.807) is 17.0 Å². The summed E-state index contributed by atoms with van der Waals surface area (Å²) < 4.78 is 13.2. The van der Waals surface area contributed by atoms with E-state index in [-0.39, 0.29) is 17.6 Å². The molecule has 1 aromatic heterocycles. The molecule has 6 rings (SSSR count). The third kappa shape index (κ3) is 2.99. The highest BCUT2D eigenvalue weighted by atomic mass is 32.1. The minimum Gasteiger partial charge on any atom is -0.282 e. The van der Waals surface area contributed by atoms with Crippen LogP contribution < -0.4 is 10.3 Å². The van der Waals surface area contributed by atoms with E-state index >= 15 is 0 Å². The number of allylic oxidation sites excluding steroid dienone is 3. The first-order valence-electron chi connectivity index (χ1n) is 10.1. The number of hydrazone groups is 1. The Morgan fingerprint density at radius 3 is 2.81 bits per heavy atom. The second kappa shape index (κ2) is 7.35. The molecule has 2 aromatic carbocycles. The van der Waals surface area contributed by atoms with Crippen molar-refractivity contribution in [3.8, 4) is 11.3 Å². The summed E-state index contributed by atoms with van der Waals surface area (Å²) >= 11 is 1.40. The highest BCUT2D eigenvalue weighted by molar-refractivity contribution is 7.14. The molecule has 1 aliphatic carbocycles. The molecule has 0 radical (unpaired) electrons. The van der Waals surface area contributed by atoms with Crippen LogP contribution in [0.2, 0.25) is 0 Å². The summed E-state index contributed by atoms with van der Waals surface area (Å²) in [5.41, 5.74) is 7.68. The molecule has 156 valence electrons. The van der Waals surface area contributed by atoms with Crippen LogP contribution in [0.15, 0.2) is 88.3 Å². The van der Waals surface area contributed by atoms with Crippen molar-refractivity contribution in [1.29, 1.82) is 0 Å². The zero-order chi connectivity index (χ0) is 21.7. The Kier molecular flexibility index (Phi) is 4.32. The standard InChI is InChI=1S/C24H16FN5OS/c25-15-11-9-14(10-12-15)19-13-32-24(27-19)29-28-21-17-6-2-4-8-20(17)30-22(21)26-18-7-3-1-5-16(18)23(30)31/h1-13,16,22H,(H,27,29)/b28-21-. The molecule has 1 N–H and O–H groups in total. The minimum atomic E-state index is -0.522. The number of hydrogen-bond donors (Lipinski definition) is 1. The van der Waals surface area contributed by atoms with E-state index < -0.39 is 6.17 Å². The van der Waals surface area contributed by atoms with Crippen molar-refractivity contribution >= 4 is 39.5 Å². The average molecular weight is 441 g/mol. The first-order valence-corrected chi connectivity index (χ1v) is 11.0. The van der Waals surface area contributed by atoms with E-state index in [0.29, 0.717) is 10.8 Å². The Labute approximate surface area is 187 Å². The van der Waals surface area contributed by atoms with E-state index in [1.807, 2.05) is 53.9 Å². The van der Waals surface area contributed by atoms with Crippen molar-refractivity contribution in [2.75, 3.05) is 10.3 Å². The van der Waals surface area contributed by atoms with E-state index in [4.69, 9.17) is 4.99 Å². The summed E-state index contributed by atoms with van der Waals surface area (Å²) in [6.07, 6.45) is 7.00. The average Bonchev–Trinajstić information content (AvgIpc) is 3.41. The van der Waals surface area contributed by atoms with E-state index in [1.165, 1.54) is 23.5 Å². The Bertz CT molecular complexity index is 1350. The van der Waals surface area contributed by atoms with Crippen LogP contribution in [0.3, 0.4) is 0 Å². The number of para-hydroxylation sites is 1. The SMILES string of the molecule is O=C1C2C=CC=CC2=NC2/C(=N\Nc3nc(-c4ccc(F)cc4)cs3)c3ccccc3N12. The predicted molar refractivity (Wildman–Crippen MR) is 125 cm³/mol. The van der Waals surface area contributed by atoms with Gasteiger partial charge in [-0.15, -0.1) is 11.3 Å². The number of aromatic nitrogens is 1. The normalized spacial score (nSPS) is 21.9. The molecule has 32 heavy (non-hydrogen) atoms. The van der Waals surface area contributed by atoms with Gasteiger partial charge in [0.2, 0.25) is 11.0 Å². The summed E-state index contributed by atoms with van der Waals surface area (Å²) in [5.74, 6) is -0.660. The molecule has 0 bridgehead atoms. The Morgan fingerprint density at radius 1 is 1.09 bits per heavy atom. The summed E-state index contributed by atoms with van der Waals surface area (Å²) in [7, 11) is 0. The number of carbonyl (C=O) groups excluding carboxylic acids is 1. The van der Waals surface area contributed by atoms with Crippen molar-refractivity contribution < 1.29 is 9.18 Å². The number of benzene rings is 2. The smallest absolute Gasteiger partial charge is 0.242 e. The van der Waals surface area contributed by atoms with Gasteiger partial charge in [-0.1, -0.05) is 36.4 Å². The fourth-order valence-electron chi connectivity index (χ4n) is 4.11. The van der Waals surface area contributed by atoms with Gasteiger partial charge in [0.1, 0.15) is 11.5 Å². The fourth-order valence-corrected chi connectivity index (χ4v) is 4.77. The van der Waals surface area contributed by atoms with Crippen LogP contribution in [0.4, 0.5) is 15.2 Å². The number of rotatable bonds is 3. The van der Waals surface area contributed by atoms with Gasteiger partial charge in [-0.2, -0.15) is 5.10 Å². The molecular weight excluding hydrogens is 425 g/mol. The Morgan fingerprint density at radius 2 is 1.94 bits per heavy atom. The van der Waals surface area contributed by atoms with Crippen molar-refractivity contribution in [3.63, 3.8) is 0 Å². The molecule has 8 heteroatoms. The van der Waals surface area contributed by atoms with E-state index in [0.717, 1.165) is 28.2 Å². The number of anilines is 2. The quantitative estimate of drug-likeness (QED) is 0.603. The van der Waals surface area contributed by atoms with Gasteiger partial charge in [0.05, 0.1) is 23.0 Å².